The standard InChI is InChI=1S/C30H34O9/c1-34-25-15-18(10-12-23(25)31)14-21-22(17-38-30(21)37-4)27(20-11-13-24(32)26(16-20)35-2)39-29(33)28(36-3)19-8-6-5-7-9-19/h5-13,15-16,21-22,27-28,30-32H,14,17H2,1-4H3/t21-,22-,27-,28-,30+/m0/s1. The van der Waals surface area contributed by atoms with E-state index >= 15 is 0 Å². The van der Waals surface area contributed by atoms with Crippen LogP contribution < -0.4 is 9.47 Å². The zero-order valence-corrected chi connectivity index (χ0v) is 22.4. The van der Waals surface area contributed by atoms with E-state index < -0.39 is 24.5 Å². The Balaban J connectivity index is 1.71. The second-order valence-corrected chi connectivity index (χ2v) is 9.29. The molecule has 0 saturated carbocycles. The smallest absolute Gasteiger partial charge is 0.340 e. The topological polar surface area (TPSA) is 113 Å². The predicted octanol–water partition coefficient (Wildman–Crippen LogP) is 4.56. The van der Waals surface area contributed by atoms with Gasteiger partial charge < -0.3 is 38.6 Å². The summed E-state index contributed by atoms with van der Waals surface area (Å²) in [5, 5.41) is 20.3. The van der Waals surface area contributed by atoms with E-state index in [4.69, 9.17) is 28.4 Å². The van der Waals surface area contributed by atoms with E-state index in [1.54, 1.807) is 49.6 Å². The molecule has 0 aliphatic carbocycles. The molecule has 9 nitrogen and oxygen atoms in total. The van der Waals surface area contributed by atoms with E-state index in [0.29, 0.717) is 23.3 Å². The lowest BCUT2D eigenvalue weighted by molar-refractivity contribution is -0.166. The second-order valence-electron chi connectivity index (χ2n) is 9.29. The molecule has 1 heterocycles. The van der Waals surface area contributed by atoms with Crippen molar-refractivity contribution in [3.8, 4) is 23.0 Å². The van der Waals surface area contributed by atoms with Gasteiger partial charge in [0.15, 0.2) is 35.4 Å². The lowest BCUT2D eigenvalue weighted by atomic mass is 9.82. The Hall–Kier alpha value is -3.79. The quantitative estimate of drug-likeness (QED) is 0.339. The van der Waals surface area contributed by atoms with E-state index in [0.717, 1.165) is 5.56 Å². The van der Waals surface area contributed by atoms with Crippen molar-refractivity contribution in [2.24, 2.45) is 11.8 Å². The first-order valence-electron chi connectivity index (χ1n) is 12.6. The van der Waals surface area contributed by atoms with Crippen LogP contribution in [-0.4, -0.2) is 57.5 Å². The zero-order chi connectivity index (χ0) is 27.9. The third kappa shape index (κ3) is 6.27. The summed E-state index contributed by atoms with van der Waals surface area (Å²) < 4.78 is 34.0. The molecule has 0 spiro atoms. The number of ether oxygens (including phenoxy) is 6. The number of rotatable bonds is 11. The van der Waals surface area contributed by atoms with Crippen molar-refractivity contribution in [1.29, 1.82) is 0 Å². The first-order valence-corrected chi connectivity index (χ1v) is 12.6. The Morgan fingerprint density at radius 2 is 1.56 bits per heavy atom. The summed E-state index contributed by atoms with van der Waals surface area (Å²) in [7, 11) is 5.97. The van der Waals surface area contributed by atoms with Crippen LogP contribution in [0.2, 0.25) is 0 Å². The van der Waals surface area contributed by atoms with E-state index in [2.05, 4.69) is 0 Å². The Labute approximate surface area is 227 Å². The van der Waals surface area contributed by atoms with Crippen molar-refractivity contribution in [1.82, 2.24) is 0 Å². The van der Waals surface area contributed by atoms with Crippen molar-refractivity contribution in [3.63, 3.8) is 0 Å². The molecular weight excluding hydrogens is 504 g/mol. The molecule has 1 aliphatic heterocycles. The maximum Gasteiger partial charge on any atom is 0.340 e. The van der Waals surface area contributed by atoms with Crippen molar-refractivity contribution < 1.29 is 43.4 Å². The van der Waals surface area contributed by atoms with Gasteiger partial charge in [-0.2, -0.15) is 0 Å². The van der Waals surface area contributed by atoms with Gasteiger partial charge in [-0.3, -0.25) is 0 Å². The summed E-state index contributed by atoms with van der Waals surface area (Å²) in [5.74, 6) is -0.516. The van der Waals surface area contributed by atoms with E-state index in [1.165, 1.54) is 27.4 Å². The largest absolute Gasteiger partial charge is 0.504 e. The van der Waals surface area contributed by atoms with Crippen molar-refractivity contribution in [2.75, 3.05) is 35.0 Å². The molecule has 0 radical (unpaired) electrons. The van der Waals surface area contributed by atoms with Crippen LogP contribution in [-0.2, 0) is 30.2 Å². The molecule has 0 bridgehead atoms. The number of methoxy groups -OCH3 is 4. The SMILES string of the molecule is COc1cc(C[C@@H]2[C@H](OC)OC[C@@H]2[C@@H](OC(=O)[C@@H](OC)c2ccccc2)c2ccc(O)c(OC)c2)ccc1O. The Morgan fingerprint density at radius 3 is 2.21 bits per heavy atom. The second kappa shape index (κ2) is 12.8. The molecule has 3 aromatic rings. The maximum absolute atomic E-state index is 13.5. The average molecular weight is 539 g/mol. The zero-order valence-electron chi connectivity index (χ0n) is 22.4. The van der Waals surface area contributed by atoms with Gasteiger partial charge in [0.05, 0.1) is 20.8 Å². The number of hydrogen-bond donors (Lipinski definition) is 2. The molecule has 9 heteroatoms. The van der Waals surface area contributed by atoms with Crippen molar-refractivity contribution in [3.05, 3.63) is 83.4 Å². The van der Waals surface area contributed by atoms with Gasteiger partial charge in [-0.05, 0) is 47.4 Å². The molecule has 3 aromatic carbocycles. The fourth-order valence-electron chi connectivity index (χ4n) is 5.04. The number of esters is 1. The molecule has 5 atom stereocenters. The van der Waals surface area contributed by atoms with Crippen LogP contribution >= 0.6 is 0 Å². The van der Waals surface area contributed by atoms with Crippen LogP contribution in [0.4, 0.5) is 0 Å². The van der Waals surface area contributed by atoms with Crippen LogP contribution in [0.5, 0.6) is 23.0 Å². The molecule has 208 valence electrons. The van der Waals surface area contributed by atoms with Crippen LogP contribution in [0, 0.1) is 11.8 Å². The number of benzene rings is 3. The minimum Gasteiger partial charge on any atom is -0.504 e. The van der Waals surface area contributed by atoms with Crippen LogP contribution in [0.1, 0.15) is 28.9 Å². The highest BCUT2D eigenvalue weighted by Crippen LogP contribution is 2.44. The van der Waals surface area contributed by atoms with Gasteiger partial charge >= 0.3 is 5.97 Å². The molecule has 1 aliphatic rings. The number of carbonyl (C=O) groups excluding carboxylic acids is 1. The monoisotopic (exact) mass is 538 g/mol. The Bertz CT molecular complexity index is 1250. The molecule has 2 N–H and O–H groups in total. The number of phenolic OH excluding ortho intramolecular Hbond substituents is 2. The van der Waals surface area contributed by atoms with E-state index in [-0.39, 0.29) is 35.7 Å². The molecule has 4 rings (SSSR count). The molecule has 0 amide bonds. The average Bonchev–Trinajstić information content (AvgIpc) is 3.36. The summed E-state index contributed by atoms with van der Waals surface area (Å²) in [6.07, 6.45) is -1.79. The summed E-state index contributed by atoms with van der Waals surface area (Å²) >= 11 is 0. The van der Waals surface area contributed by atoms with Crippen LogP contribution in [0.25, 0.3) is 0 Å². The first kappa shape index (κ1) is 28.2. The van der Waals surface area contributed by atoms with Crippen molar-refractivity contribution in [2.45, 2.75) is 24.9 Å². The normalized spacial score (nSPS) is 20.3. The molecule has 1 saturated heterocycles. The molecule has 0 unspecified atom stereocenters. The summed E-state index contributed by atoms with van der Waals surface area (Å²) in [6.45, 7) is 0.252. The lowest BCUT2D eigenvalue weighted by Gasteiger charge is -2.30. The lowest BCUT2D eigenvalue weighted by Crippen LogP contribution is -2.31. The van der Waals surface area contributed by atoms with Gasteiger partial charge in [-0.15, -0.1) is 0 Å². The van der Waals surface area contributed by atoms with Gasteiger partial charge in [-0.25, -0.2) is 4.79 Å². The summed E-state index contributed by atoms with van der Waals surface area (Å²) in [5.41, 5.74) is 2.18. The van der Waals surface area contributed by atoms with Gasteiger partial charge in [0.1, 0.15) is 6.10 Å². The van der Waals surface area contributed by atoms with Crippen LogP contribution in [0.3, 0.4) is 0 Å². The van der Waals surface area contributed by atoms with Gasteiger partial charge in [0, 0.05) is 26.1 Å². The highest BCUT2D eigenvalue weighted by Gasteiger charge is 2.45. The summed E-state index contributed by atoms with van der Waals surface area (Å²) in [6, 6.07) is 19.1. The highest BCUT2D eigenvalue weighted by atomic mass is 16.7. The number of carbonyl (C=O) groups is 1. The number of phenols is 2. The van der Waals surface area contributed by atoms with E-state index in [9.17, 15) is 15.0 Å². The Kier molecular flexibility index (Phi) is 9.29. The maximum atomic E-state index is 13.5. The highest BCUT2D eigenvalue weighted by molar-refractivity contribution is 5.77. The predicted molar refractivity (Wildman–Crippen MR) is 142 cm³/mol. The first-order chi connectivity index (χ1) is 18.9. The van der Waals surface area contributed by atoms with Crippen molar-refractivity contribution >= 4 is 5.97 Å². The minimum absolute atomic E-state index is 0.0319. The third-order valence-electron chi connectivity index (χ3n) is 7.02. The Morgan fingerprint density at radius 1 is 0.897 bits per heavy atom. The summed E-state index contributed by atoms with van der Waals surface area (Å²) in [4.78, 5) is 13.5. The minimum atomic E-state index is -0.937. The number of hydrogen-bond acceptors (Lipinski definition) is 9. The molecule has 0 aromatic heterocycles. The number of aromatic hydroxyl groups is 2. The fourth-order valence-corrected chi connectivity index (χ4v) is 5.04. The fraction of sp³-hybridized carbons (Fsp3) is 0.367. The molecule has 39 heavy (non-hydrogen) atoms. The van der Waals surface area contributed by atoms with Gasteiger partial charge in [0.2, 0.25) is 0 Å². The molecular formula is C30H34O9. The molecule has 1 fully saturated rings. The van der Waals surface area contributed by atoms with Crippen LogP contribution in [0.15, 0.2) is 66.7 Å². The van der Waals surface area contributed by atoms with Gasteiger partial charge in [0.25, 0.3) is 0 Å². The van der Waals surface area contributed by atoms with E-state index in [1.807, 2.05) is 18.2 Å². The van der Waals surface area contributed by atoms with Gasteiger partial charge in [-0.1, -0.05) is 42.5 Å². The third-order valence-corrected chi connectivity index (χ3v) is 7.02.